The molecule has 7 nitrogen and oxygen atoms in total. The number of ether oxygens (including phenoxy) is 2. The van der Waals surface area contributed by atoms with Crippen LogP contribution in [-0.4, -0.2) is 46.1 Å². The molecule has 0 aliphatic carbocycles. The van der Waals surface area contributed by atoms with Gasteiger partial charge >= 0.3 is 5.97 Å². The lowest BCUT2D eigenvalue weighted by Crippen LogP contribution is -2.55. The first-order valence-electron chi connectivity index (χ1n) is 9.78. The fourth-order valence-corrected chi connectivity index (χ4v) is 3.69. The lowest BCUT2D eigenvalue weighted by Gasteiger charge is -2.41. The van der Waals surface area contributed by atoms with Gasteiger partial charge in [-0.15, -0.1) is 5.10 Å². The van der Waals surface area contributed by atoms with Crippen molar-refractivity contribution < 1.29 is 23.5 Å². The molecule has 1 saturated heterocycles. The second-order valence-electron chi connectivity index (χ2n) is 7.86. The van der Waals surface area contributed by atoms with Crippen LogP contribution in [0.15, 0.2) is 36.5 Å². The maximum atomic E-state index is 14.1. The molecular weight excluding hydrogens is 389 g/mol. The molecule has 3 atom stereocenters. The van der Waals surface area contributed by atoms with Crippen molar-refractivity contribution in [1.29, 1.82) is 0 Å². The van der Waals surface area contributed by atoms with Crippen molar-refractivity contribution in [2.24, 2.45) is 5.41 Å². The molecule has 0 saturated carbocycles. The van der Waals surface area contributed by atoms with E-state index in [1.807, 2.05) is 13.0 Å². The van der Waals surface area contributed by atoms with Crippen LogP contribution in [-0.2, 0) is 32.0 Å². The Morgan fingerprint density at radius 3 is 2.83 bits per heavy atom. The van der Waals surface area contributed by atoms with Crippen molar-refractivity contribution in [1.82, 2.24) is 15.0 Å². The summed E-state index contributed by atoms with van der Waals surface area (Å²) in [4.78, 5) is 25.2. The molecule has 0 N–H and O–H groups in total. The number of Topliss-reactive ketones (excluding diaryl/α,β-unsaturated/α-hetero) is 1. The minimum Gasteiger partial charge on any atom is -0.468 e. The van der Waals surface area contributed by atoms with Crippen molar-refractivity contribution in [3.63, 3.8) is 0 Å². The molecule has 2 heterocycles. The Kier molecular flexibility index (Phi) is 6.17. The van der Waals surface area contributed by atoms with Gasteiger partial charge in [0, 0.05) is 17.3 Å². The van der Waals surface area contributed by atoms with E-state index in [9.17, 15) is 14.0 Å². The normalized spacial score (nSPS) is 24.2. The van der Waals surface area contributed by atoms with E-state index in [2.05, 4.69) is 16.9 Å². The zero-order valence-corrected chi connectivity index (χ0v) is 17.6. The summed E-state index contributed by atoms with van der Waals surface area (Å²) in [7, 11) is 1.24. The predicted molar refractivity (Wildman–Crippen MR) is 107 cm³/mol. The summed E-state index contributed by atoms with van der Waals surface area (Å²) in [5.74, 6) is -1.30. The number of carbonyl (C=O) groups is 2. The Morgan fingerprint density at radius 2 is 2.17 bits per heavy atom. The second kappa shape index (κ2) is 8.47. The average Bonchev–Trinajstić information content (AvgIpc) is 3.17. The van der Waals surface area contributed by atoms with Gasteiger partial charge in [-0.2, -0.15) is 0 Å². The summed E-state index contributed by atoms with van der Waals surface area (Å²) < 4.78 is 26.4. The molecule has 1 aromatic carbocycles. The Bertz CT molecular complexity index is 987. The summed E-state index contributed by atoms with van der Waals surface area (Å²) in [6.07, 6.45) is 1.35. The topological polar surface area (TPSA) is 83.3 Å². The second-order valence-corrected chi connectivity index (χ2v) is 7.86. The van der Waals surface area contributed by atoms with E-state index in [4.69, 9.17) is 9.47 Å². The molecule has 1 aliphatic rings. The quantitative estimate of drug-likeness (QED) is 0.410. The Hall–Kier alpha value is -2.87. The molecule has 8 heteroatoms. The SMILES string of the molecule is C=C1C(=O)[C@](C)(C(=O)OC)[C@H](CCc2cn(Cc3ccc(C)cc3F)nn2)O[C@@H]1C. The number of carbonyl (C=O) groups excluding carboxylic acids is 2. The molecule has 0 radical (unpaired) electrons. The van der Waals surface area contributed by atoms with Gasteiger partial charge in [0.25, 0.3) is 0 Å². The van der Waals surface area contributed by atoms with Gasteiger partial charge < -0.3 is 9.47 Å². The molecule has 0 spiro atoms. The summed E-state index contributed by atoms with van der Waals surface area (Å²) in [5.41, 5.74) is 0.819. The third-order valence-corrected chi connectivity index (χ3v) is 5.67. The number of aromatic nitrogens is 3. The van der Waals surface area contributed by atoms with E-state index in [1.165, 1.54) is 20.1 Å². The van der Waals surface area contributed by atoms with Crippen LogP contribution in [0.2, 0.25) is 0 Å². The molecule has 1 aliphatic heterocycles. The van der Waals surface area contributed by atoms with Crippen molar-refractivity contribution in [3.05, 3.63) is 59.2 Å². The first kappa shape index (κ1) is 21.8. The van der Waals surface area contributed by atoms with Crippen molar-refractivity contribution in [2.45, 2.75) is 52.4 Å². The summed E-state index contributed by atoms with van der Waals surface area (Å²) in [6.45, 7) is 9.11. The number of aryl methyl sites for hydroxylation is 2. The maximum Gasteiger partial charge on any atom is 0.322 e. The van der Waals surface area contributed by atoms with Crippen molar-refractivity contribution >= 4 is 11.8 Å². The molecular formula is C22H26FN3O4. The smallest absolute Gasteiger partial charge is 0.322 e. The highest BCUT2D eigenvalue weighted by Crippen LogP contribution is 2.39. The van der Waals surface area contributed by atoms with E-state index < -0.39 is 23.6 Å². The molecule has 2 aromatic rings. The number of nitrogens with zero attached hydrogens (tertiary/aromatic N) is 3. The van der Waals surface area contributed by atoms with Crippen LogP contribution >= 0.6 is 0 Å². The van der Waals surface area contributed by atoms with Crippen LogP contribution in [0.1, 0.15) is 37.1 Å². The molecule has 0 bridgehead atoms. The van der Waals surface area contributed by atoms with Gasteiger partial charge in [-0.1, -0.05) is 23.9 Å². The number of benzene rings is 1. The zero-order chi connectivity index (χ0) is 22.1. The van der Waals surface area contributed by atoms with E-state index in [0.29, 0.717) is 24.1 Å². The van der Waals surface area contributed by atoms with Gasteiger partial charge in [-0.3, -0.25) is 9.59 Å². The number of hydrogen-bond donors (Lipinski definition) is 0. The number of esters is 1. The number of hydrogen-bond acceptors (Lipinski definition) is 6. The monoisotopic (exact) mass is 415 g/mol. The molecule has 0 amide bonds. The van der Waals surface area contributed by atoms with E-state index in [1.54, 1.807) is 23.9 Å². The number of methoxy groups -OCH3 is 1. The zero-order valence-electron chi connectivity index (χ0n) is 17.6. The first-order chi connectivity index (χ1) is 14.2. The van der Waals surface area contributed by atoms with Crippen LogP contribution in [0.5, 0.6) is 0 Å². The fraction of sp³-hybridized carbons (Fsp3) is 0.455. The van der Waals surface area contributed by atoms with Crippen LogP contribution in [0.25, 0.3) is 0 Å². The number of ketones is 1. The standard InChI is InChI=1S/C22H26FN3O4/c1-13-6-7-16(18(23)10-13)11-26-12-17(24-25-26)8-9-19-22(4,21(28)29-5)20(27)14(2)15(3)30-19/h6-7,10,12,15,19H,2,8-9,11H2,1,3-5H3/t15-,19+,22-/m1/s1. The Balaban J connectivity index is 1.72. The van der Waals surface area contributed by atoms with Crippen LogP contribution in [0, 0.1) is 18.2 Å². The Morgan fingerprint density at radius 1 is 1.43 bits per heavy atom. The predicted octanol–water partition coefficient (Wildman–Crippen LogP) is 2.80. The average molecular weight is 415 g/mol. The highest BCUT2D eigenvalue weighted by molar-refractivity contribution is 6.13. The molecule has 1 aromatic heterocycles. The summed E-state index contributed by atoms with van der Waals surface area (Å²) >= 11 is 0. The van der Waals surface area contributed by atoms with Gasteiger partial charge in [-0.05, 0) is 45.2 Å². The molecule has 160 valence electrons. The molecule has 1 fully saturated rings. The summed E-state index contributed by atoms with van der Waals surface area (Å²) in [6, 6.07) is 5.05. The minimum absolute atomic E-state index is 0.255. The number of halogens is 1. The highest BCUT2D eigenvalue weighted by Gasteiger charge is 2.54. The molecule has 3 rings (SSSR count). The minimum atomic E-state index is -1.46. The third-order valence-electron chi connectivity index (χ3n) is 5.67. The number of rotatable bonds is 6. The lowest BCUT2D eigenvalue weighted by atomic mass is 9.72. The van der Waals surface area contributed by atoms with E-state index in [-0.39, 0.29) is 23.7 Å². The maximum absolute atomic E-state index is 14.1. The first-order valence-corrected chi connectivity index (χ1v) is 9.78. The third kappa shape index (κ3) is 4.05. The van der Waals surface area contributed by atoms with Crippen LogP contribution in [0.4, 0.5) is 4.39 Å². The lowest BCUT2D eigenvalue weighted by molar-refractivity contribution is -0.175. The van der Waals surface area contributed by atoms with Gasteiger partial charge in [-0.25, -0.2) is 9.07 Å². The van der Waals surface area contributed by atoms with Gasteiger partial charge in [0.1, 0.15) is 5.82 Å². The molecule has 30 heavy (non-hydrogen) atoms. The van der Waals surface area contributed by atoms with Gasteiger partial charge in [0.2, 0.25) is 0 Å². The van der Waals surface area contributed by atoms with Crippen LogP contribution in [0.3, 0.4) is 0 Å². The van der Waals surface area contributed by atoms with Crippen LogP contribution < -0.4 is 0 Å². The van der Waals surface area contributed by atoms with Gasteiger partial charge in [0.15, 0.2) is 11.2 Å². The highest BCUT2D eigenvalue weighted by atomic mass is 19.1. The largest absolute Gasteiger partial charge is 0.468 e. The van der Waals surface area contributed by atoms with Gasteiger partial charge in [0.05, 0.1) is 31.6 Å². The summed E-state index contributed by atoms with van der Waals surface area (Å²) in [5, 5.41) is 8.18. The van der Waals surface area contributed by atoms with Crippen molar-refractivity contribution in [2.75, 3.05) is 7.11 Å². The van der Waals surface area contributed by atoms with E-state index >= 15 is 0 Å². The Labute approximate surface area is 174 Å². The molecule has 0 unspecified atom stereocenters. The van der Waals surface area contributed by atoms with Crippen molar-refractivity contribution in [3.8, 4) is 0 Å². The van der Waals surface area contributed by atoms with E-state index in [0.717, 1.165) is 5.56 Å². The fourth-order valence-electron chi connectivity index (χ4n) is 3.69.